The van der Waals surface area contributed by atoms with Crippen LogP contribution in [0.2, 0.25) is 0 Å². The van der Waals surface area contributed by atoms with Gasteiger partial charge in [0.2, 0.25) is 0 Å². The van der Waals surface area contributed by atoms with Gasteiger partial charge in [0, 0.05) is 19.3 Å². The van der Waals surface area contributed by atoms with Crippen LogP contribution in [0.3, 0.4) is 0 Å². The summed E-state index contributed by atoms with van der Waals surface area (Å²) in [7, 11) is 0. The topological polar surface area (TPSA) is 78.9 Å². The summed E-state index contributed by atoms with van der Waals surface area (Å²) in [4.78, 5) is 38.3. The minimum Gasteiger partial charge on any atom is -0.462 e. The molecule has 0 radical (unpaired) electrons. The average molecular weight is 1040 g/mol. The van der Waals surface area contributed by atoms with Crippen LogP contribution in [0.25, 0.3) is 0 Å². The van der Waals surface area contributed by atoms with Crippen molar-refractivity contribution in [2.75, 3.05) is 13.2 Å². The van der Waals surface area contributed by atoms with Gasteiger partial charge in [0.05, 0.1) is 0 Å². The molecule has 1 unspecified atom stereocenters. The van der Waals surface area contributed by atoms with Gasteiger partial charge in [0.15, 0.2) is 6.10 Å². The fraction of sp³-hybridized carbons (Fsp3) is 0.638. The summed E-state index contributed by atoms with van der Waals surface area (Å²) in [6.07, 6.45) is 87.3. The van der Waals surface area contributed by atoms with E-state index in [1.807, 2.05) is 0 Å². The maximum atomic E-state index is 12.9. The standard InChI is InChI=1S/C69H112O6/c1-4-7-10-13-16-19-22-25-27-29-31-32-33-34-35-36-38-39-41-44-47-50-53-56-59-62-68(71)74-65-66(64-73-67(70)61-58-55-52-49-46-43-24-21-18-15-12-9-6-3)75-69(72)63-60-57-54-51-48-45-42-40-37-30-28-26-23-20-17-14-11-8-5-2/h7-8,10-12,15-17,19-21,24-28,31-32,34-35,37,40,66H,4-6,9,13-14,18,22-23,29-30,33,36,38-39,41-65H2,1-3H3/b10-7-,11-8-,15-12-,19-16-,20-17-,24-21-,27-25-,28-26-,32-31-,35-34-,40-37-. The molecule has 1 atom stereocenters. The van der Waals surface area contributed by atoms with E-state index in [-0.39, 0.29) is 31.1 Å². The Bertz CT molecular complexity index is 1620. The summed E-state index contributed by atoms with van der Waals surface area (Å²) >= 11 is 0. The normalized spacial score (nSPS) is 13.1. The van der Waals surface area contributed by atoms with Gasteiger partial charge in [-0.3, -0.25) is 14.4 Å². The molecule has 0 heterocycles. The van der Waals surface area contributed by atoms with Crippen LogP contribution in [0.1, 0.15) is 265 Å². The molecule has 6 heteroatoms. The number of carbonyl (C=O) groups is 3. The molecule has 0 amide bonds. The maximum Gasteiger partial charge on any atom is 0.306 e. The average Bonchev–Trinajstić information content (AvgIpc) is 3.41. The van der Waals surface area contributed by atoms with Crippen molar-refractivity contribution in [2.24, 2.45) is 0 Å². The van der Waals surface area contributed by atoms with Crippen molar-refractivity contribution in [1.82, 2.24) is 0 Å². The molecule has 0 rings (SSSR count). The van der Waals surface area contributed by atoms with Gasteiger partial charge in [-0.2, -0.15) is 0 Å². The number of ether oxygens (including phenoxy) is 3. The lowest BCUT2D eigenvalue weighted by molar-refractivity contribution is -0.167. The number of allylic oxidation sites excluding steroid dienone is 22. The van der Waals surface area contributed by atoms with E-state index in [1.54, 1.807) is 0 Å². The minimum absolute atomic E-state index is 0.0956. The van der Waals surface area contributed by atoms with Gasteiger partial charge >= 0.3 is 17.9 Å². The van der Waals surface area contributed by atoms with Crippen molar-refractivity contribution < 1.29 is 28.6 Å². The third-order valence-corrected chi connectivity index (χ3v) is 12.6. The van der Waals surface area contributed by atoms with E-state index >= 15 is 0 Å². The van der Waals surface area contributed by atoms with Crippen LogP contribution in [0.5, 0.6) is 0 Å². The molecule has 0 aromatic heterocycles. The Kier molecular flexibility index (Phi) is 58.4. The predicted octanol–water partition coefficient (Wildman–Crippen LogP) is 21.0. The van der Waals surface area contributed by atoms with Gasteiger partial charge in [-0.15, -0.1) is 0 Å². The molecule has 6 nitrogen and oxygen atoms in total. The molecule has 0 aliphatic heterocycles. The van der Waals surface area contributed by atoms with Gasteiger partial charge in [0.25, 0.3) is 0 Å². The molecular weight excluding hydrogens is 925 g/mol. The van der Waals surface area contributed by atoms with Crippen molar-refractivity contribution >= 4 is 17.9 Å². The first-order valence-electron chi connectivity index (χ1n) is 30.7. The summed E-state index contributed by atoms with van der Waals surface area (Å²) in [5.74, 6) is -0.930. The van der Waals surface area contributed by atoms with Gasteiger partial charge < -0.3 is 14.2 Å². The minimum atomic E-state index is -0.800. The zero-order chi connectivity index (χ0) is 54.3. The molecule has 0 saturated carbocycles. The molecule has 0 saturated heterocycles. The van der Waals surface area contributed by atoms with E-state index in [9.17, 15) is 14.4 Å². The summed E-state index contributed by atoms with van der Waals surface area (Å²) in [6, 6.07) is 0. The highest BCUT2D eigenvalue weighted by atomic mass is 16.6. The van der Waals surface area contributed by atoms with Crippen LogP contribution in [-0.4, -0.2) is 37.2 Å². The number of hydrogen-bond donors (Lipinski definition) is 0. The monoisotopic (exact) mass is 1040 g/mol. The zero-order valence-electron chi connectivity index (χ0n) is 48.5. The van der Waals surface area contributed by atoms with Gasteiger partial charge in [0.1, 0.15) is 13.2 Å². The van der Waals surface area contributed by atoms with Crippen LogP contribution in [-0.2, 0) is 28.6 Å². The first kappa shape index (κ1) is 70.5. The second-order valence-corrected chi connectivity index (χ2v) is 19.8. The lowest BCUT2D eigenvalue weighted by atomic mass is 10.1. The van der Waals surface area contributed by atoms with Crippen molar-refractivity contribution in [2.45, 2.75) is 271 Å². The van der Waals surface area contributed by atoms with E-state index in [0.29, 0.717) is 19.3 Å². The molecule has 0 aliphatic carbocycles. The Morgan fingerprint density at radius 1 is 0.280 bits per heavy atom. The summed E-state index contributed by atoms with van der Waals surface area (Å²) in [5, 5.41) is 0. The SMILES string of the molecule is CC/C=C\C/C=C\C/C=C\C/C=C\C/C=C\CCCCCCCCCCCC(=O)OCC(COC(=O)CCCCCCC/C=C\C/C=C\CCC)OC(=O)CCCCCCCC/C=C\C/C=C\C/C=C\C/C=C\CC. The molecule has 0 N–H and O–H groups in total. The van der Waals surface area contributed by atoms with Crippen LogP contribution < -0.4 is 0 Å². The third kappa shape index (κ3) is 60.3. The van der Waals surface area contributed by atoms with Gasteiger partial charge in [-0.05, 0) is 128 Å². The Balaban J connectivity index is 4.39. The van der Waals surface area contributed by atoms with Crippen molar-refractivity contribution in [3.8, 4) is 0 Å². The van der Waals surface area contributed by atoms with Crippen molar-refractivity contribution in [3.63, 3.8) is 0 Å². The van der Waals surface area contributed by atoms with E-state index < -0.39 is 6.10 Å². The Labute approximate surface area is 462 Å². The summed E-state index contributed by atoms with van der Waals surface area (Å²) in [5.41, 5.74) is 0. The van der Waals surface area contributed by atoms with E-state index in [0.717, 1.165) is 167 Å². The number of hydrogen-bond acceptors (Lipinski definition) is 6. The molecule has 75 heavy (non-hydrogen) atoms. The van der Waals surface area contributed by atoms with Crippen LogP contribution >= 0.6 is 0 Å². The van der Waals surface area contributed by atoms with Crippen LogP contribution in [0.4, 0.5) is 0 Å². The third-order valence-electron chi connectivity index (χ3n) is 12.6. The molecule has 0 bridgehead atoms. The smallest absolute Gasteiger partial charge is 0.306 e. The van der Waals surface area contributed by atoms with E-state index in [4.69, 9.17) is 14.2 Å². The quantitative estimate of drug-likeness (QED) is 0.0261. The summed E-state index contributed by atoms with van der Waals surface area (Å²) in [6.45, 7) is 6.32. The molecule has 0 aliphatic rings. The van der Waals surface area contributed by atoms with Gasteiger partial charge in [-0.1, -0.05) is 251 Å². The molecule has 0 aromatic rings. The predicted molar refractivity (Wildman–Crippen MR) is 325 cm³/mol. The fourth-order valence-corrected chi connectivity index (χ4v) is 8.09. The first-order valence-corrected chi connectivity index (χ1v) is 30.7. The van der Waals surface area contributed by atoms with E-state index in [2.05, 4.69) is 154 Å². The lowest BCUT2D eigenvalue weighted by Crippen LogP contribution is -2.30. The molecule has 0 aromatic carbocycles. The molecule has 0 fully saturated rings. The first-order chi connectivity index (χ1) is 37.0. The zero-order valence-corrected chi connectivity index (χ0v) is 48.5. The molecule has 424 valence electrons. The highest BCUT2D eigenvalue weighted by molar-refractivity contribution is 5.71. The van der Waals surface area contributed by atoms with Crippen LogP contribution in [0, 0.1) is 0 Å². The van der Waals surface area contributed by atoms with Crippen molar-refractivity contribution in [1.29, 1.82) is 0 Å². The van der Waals surface area contributed by atoms with Gasteiger partial charge in [-0.25, -0.2) is 0 Å². The highest BCUT2D eigenvalue weighted by Crippen LogP contribution is 2.15. The lowest BCUT2D eigenvalue weighted by Gasteiger charge is -2.18. The largest absolute Gasteiger partial charge is 0.462 e. The number of rotatable bonds is 54. The Morgan fingerprint density at radius 3 is 0.813 bits per heavy atom. The fourth-order valence-electron chi connectivity index (χ4n) is 8.09. The Morgan fingerprint density at radius 2 is 0.520 bits per heavy atom. The number of esters is 3. The maximum absolute atomic E-state index is 12.9. The Hall–Kier alpha value is -4.45. The molecular formula is C69H112O6. The van der Waals surface area contributed by atoms with E-state index in [1.165, 1.54) is 57.8 Å². The summed E-state index contributed by atoms with van der Waals surface area (Å²) < 4.78 is 16.9. The second kappa shape index (κ2) is 62.1. The molecule has 0 spiro atoms. The van der Waals surface area contributed by atoms with Crippen molar-refractivity contribution in [3.05, 3.63) is 134 Å². The van der Waals surface area contributed by atoms with Crippen LogP contribution in [0.15, 0.2) is 134 Å². The number of carbonyl (C=O) groups excluding carboxylic acids is 3. The highest BCUT2D eigenvalue weighted by Gasteiger charge is 2.19. The second-order valence-electron chi connectivity index (χ2n) is 19.8. The number of unbranched alkanes of at least 4 members (excludes halogenated alkanes) is 21.